The van der Waals surface area contributed by atoms with Crippen LogP contribution in [-0.4, -0.2) is 28.1 Å². The lowest BCUT2D eigenvalue weighted by atomic mass is 9.62. The molecular weight excluding hydrogens is 708 g/mol. The van der Waals surface area contributed by atoms with Crippen LogP contribution < -0.4 is 0 Å². The molecular formula is C52H107FO4. The van der Waals surface area contributed by atoms with Gasteiger partial charge in [-0.15, -0.1) is 0 Å². The summed E-state index contributed by atoms with van der Waals surface area (Å²) >= 11 is 0. The van der Waals surface area contributed by atoms with Gasteiger partial charge in [-0.25, -0.2) is 4.39 Å². The highest BCUT2D eigenvalue weighted by Gasteiger charge is 2.41. The maximum atomic E-state index is 15.2. The fourth-order valence-electron chi connectivity index (χ4n) is 15.4. The maximum Gasteiger partial charge on any atom is 0.103 e. The van der Waals surface area contributed by atoms with E-state index >= 15 is 4.39 Å². The average Bonchev–Trinajstić information content (AvgIpc) is 3.20. The van der Waals surface area contributed by atoms with E-state index in [2.05, 4.69) is 27.7 Å². The summed E-state index contributed by atoms with van der Waals surface area (Å²) in [6, 6.07) is 0. The fourth-order valence-corrected chi connectivity index (χ4v) is 15.4. The summed E-state index contributed by atoms with van der Waals surface area (Å²) in [7, 11) is 0. The number of hydrogen-bond donors (Lipinski definition) is 0. The van der Waals surface area contributed by atoms with Gasteiger partial charge in [-0.3, -0.25) is 0 Å². The third kappa shape index (κ3) is 14.1. The molecule has 3 unspecified atom stereocenters. The number of halogens is 1. The Balaban J connectivity index is 0. The fraction of sp³-hybridized carbons (Fsp3) is 1.00. The van der Waals surface area contributed by atoms with Gasteiger partial charge in [-0.1, -0.05) is 79.1 Å². The van der Waals surface area contributed by atoms with E-state index in [4.69, 9.17) is 0 Å². The zero-order chi connectivity index (χ0) is 36.7. The molecule has 0 amide bonds. The minimum absolute atomic E-state index is 0. The summed E-state index contributed by atoms with van der Waals surface area (Å²) in [6.45, 7) is 9.77. The molecule has 0 aromatic carbocycles. The Morgan fingerprint density at radius 2 is 0.421 bits per heavy atom. The molecule has 5 heteroatoms. The number of alkyl halides is 1. The topological polar surface area (TPSA) is 126 Å². The highest BCUT2D eigenvalue weighted by molar-refractivity contribution is 4.92. The van der Waals surface area contributed by atoms with Gasteiger partial charge < -0.3 is 21.9 Å². The van der Waals surface area contributed by atoms with Crippen molar-refractivity contribution in [3.63, 3.8) is 0 Å². The molecule has 0 radical (unpaired) electrons. The zero-order valence-corrected chi connectivity index (χ0v) is 38.1. The molecule has 8 saturated carbocycles. The molecule has 57 heavy (non-hydrogen) atoms. The monoisotopic (exact) mass is 815 g/mol. The molecule has 0 spiro atoms. The van der Waals surface area contributed by atoms with Crippen molar-refractivity contribution in [2.75, 3.05) is 0 Å². The molecule has 4 nitrogen and oxygen atoms in total. The second kappa shape index (κ2) is 25.0. The van der Waals surface area contributed by atoms with Crippen LogP contribution in [0, 0.1) is 94.7 Å². The van der Waals surface area contributed by atoms with Crippen LogP contribution in [0.15, 0.2) is 0 Å². The van der Waals surface area contributed by atoms with E-state index in [-0.39, 0.29) is 27.6 Å². The first kappa shape index (κ1) is 51.1. The van der Waals surface area contributed by atoms with Crippen LogP contribution in [0.25, 0.3) is 0 Å². The van der Waals surface area contributed by atoms with E-state index in [1.165, 1.54) is 116 Å². The Morgan fingerprint density at radius 3 is 0.649 bits per heavy atom. The molecule has 8 rings (SSSR count). The molecule has 8 fully saturated rings. The van der Waals surface area contributed by atoms with Crippen LogP contribution in [0.2, 0.25) is 0 Å². The lowest BCUT2D eigenvalue weighted by Crippen LogP contribution is -2.37. The predicted octanol–water partition coefficient (Wildman–Crippen LogP) is 14.1. The highest BCUT2D eigenvalue weighted by atomic mass is 19.1. The van der Waals surface area contributed by atoms with E-state index in [0.29, 0.717) is 17.8 Å². The smallest absolute Gasteiger partial charge is 0.103 e. The molecule has 0 saturated heterocycles. The largest absolute Gasteiger partial charge is 0.412 e. The van der Waals surface area contributed by atoms with Crippen molar-refractivity contribution < 1.29 is 32.0 Å². The predicted molar refractivity (Wildman–Crippen MR) is 249 cm³/mol. The summed E-state index contributed by atoms with van der Waals surface area (Å²) in [5.41, 5.74) is 0. The van der Waals surface area contributed by atoms with Crippen molar-refractivity contribution >= 4 is 0 Å². The first-order chi connectivity index (χ1) is 25.8. The Labute approximate surface area is 358 Å². The van der Waals surface area contributed by atoms with E-state index < -0.39 is 6.17 Å². The molecule has 0 aliphatic heterocycles. The zero-order valence-electron chi connectivity index (χ0n) is 38.1. The third-order valence-corrected chi connectivity index (χ3v) is 19.5. The van der Waals surface area contributed by atoms with Crippen molar-refractivity contribution in [3.05, 3.63) is 0 Å². The second-order valence-electron chi connectivity index (χ2n) is 22.9. The van der Waals surface area contributed by atoms with Gasteiger partial charge in [0.1, 0.15) is 6.17 Å². The Morgan fingerprint density at radius 1 is 0.246 bits per heavy atom. The van der Waals surface area contributed by atoms with Crippen LogP contribution in [0.3, 0.4) is 0 Å². The molecule has 8 N–H and O–H groups in total. The van der Waals surface area contributed by atoms with E-state index in [9.17, 15) is 0 Å². The highest BCUT2D eigenvalue weighted by Crippen LogP contribution is 2.50. The maximum absolute atomic E-state index is 15.2. The normalized spacial score (nSPS) is 45.5. The number of hydrogen-bond acceptors (Lipinski definition) is 0. The van der Waals surface area contributed by atoms with Crippen LogP contribution in [0.1, 0.15) is 232 Å². The lowest BCUT2D eigenvalue weighted by Gasteiger charge is -2.44. The van der Waals surface area contributed by atoms with Gasteiger partial charge in [0.2, 0.25) is 0 Å². The molecule has 346 valence electrons. The van der Waals surface area contributed by atoms with Gasteiger partial charge in [0.05, 0.1) is 0 Å². The van der Waals surface area contributed by atoms with Crippen molar-refractivity contribution in [1.82, 2.24) is 0 Å². The second-order valence-corrected chi connectivity index (χ2v) is 22.9. The van der Waals surface area contributed by atoms with Gasteiger partial charge in [0.25, 0.3) is 0 Å². The SMILES string of the molecule is CC1CCC(C2CCC(C3CCC(C4CCC(C)CC4)CC3)CC2)CC1.CC1CCC(C2CCC(C3CCC(C4CCC(C)CC4)CC3F)CC2)CC1.O.O.O.O.[HH].[HH].[HH].[HH]. The Bertz CT molecular complexity index is 996. The minimum Gasteiger partial charge on any atom is -0.412 e. The van der Waals surface area contributed by atoms with Gasteiger partial charge in [-0.2, -0.15) is 0 Å². The van der Waals surface area contributed by atoms with E-state index in [1.54, 1.807) is 77.0 Å². The van der Waals surface area contributed by atoms with Gasteiger partial charge >= 0.3 is 0 Å². The minimum atomic E-state index is -0.486. The summed E-state index contributed by atoms with van der Waals surface area (Å²) in [6.07, 6.45) is 44.9. The standard InChI is InChI=1S/C26H45F.C26H46.4H2O.4H2/c1-18-3-7-20(8-4-18)21-11-13-23(14-12-21)25-16-15-24(17-26(25)27)22-9-5-19(2)6-10-22;1-19-3-7-21(8-4-19)23-11-15-25(16-12-23)26-17-13-24(14-18-26)22-9-5-20(2)6-10-22;;;;;;;;/h18-26H,3-17H2,1-2H3;19-26H,3-18H2,1-2H3;4*1H2;4*1H. The van der Waals surface area contributed by atoms with Crippen molar-refractivity contribution in [1.29, 1.82) is 0 Å². The molecule has 0 bridgehead atoms. The molecule has 0 aromatic rings. The third-order valence-electron chi connectivity index (χ3n) is 19.5. The van der Waals surface area contributed by atoms with E-state index in [0.717, 1.165) is 83.4 Å². The van der Waals surface area contributed by atoms with Crippen molar-refractivity contribution in [2.45, 2.75) is 233 Å². The van der Waals surface area contributed by atoms with Gasteiger partial charge in [0.15, 0.2) is 0 Å². The van der Waals surface area contributed by atoms with Gasteiger partial charge in [0, 0.05) is 5.71 Å². The summed E-state index contributed by atoms with van der Waals surface area (Å²) in [5.74, 6) is 15.3. The van der Waals surface area contributed by atoms with Crippen LogP contribution in [0.4, 0.5) is 4.39 Å². The molecule has 0 heterocycles. The van der Waals surface area contributed by atoms with Crippen molar-refractivity contribution in [2.24, 2.45) is 94.7 Å². The molecule has 8 aliphatic carbocycles. The average molecular weight is 815 g/mol. The number of rotatable bonds is 6. The Hall–Kier alpha value is -0.230. The van der Waals surface area contributed by atoms with Crippen molar-refractivity contribution in [3.8, 4) is 0 Å². The first-order valence-corrected chi connectivity index (χ1v) is 25.4. The lowest BCUT2D eigenvalue weighted by molar-refractivity contribution is 0.0273. The summed E-state index contributed by atoms with van der Waals surface area (Å²) in [5, 5.41) is 0. The molecule has 8 aliphatic rings. The summed E-state index contributed by atoms with van der Waals surface area (Å²) in [4.78, 5) is 0. The quantitative estimate of drug-likeness (QED) is 0.253. The molecule has 0 aromatic heterocycles. The van der Waals surface area contributed by atoms with E-state index in [1.807, 2.05) is 0 Å². The van der Waals surface area contributed by atoms with Crippen LogP contribution in [0.5, 0.6) is 0 Å². The van der Waals surface area contributed by atoms with Crippen LogP contribution in [-0.2, 0) is 0 Å². The summed E-state index contributed by atoms with van der Waals surface area (Å²) < 4.78 is 15.2. The van der Waals surface area contributed by atoms with Gasteiger partial charge in [-0.05, 0) is 242 Å². The first-order valence-electron chi connectivity index (χ1n) is 25.4. The molecule has 3 atom stereocenters. The van der Waals surface area contributed by atoms with Crippen LogP contribution >= 0.6 is 0 Å². The Kier molecular flexibility index (Phi) is 22.4.